The fraction of sp³-hybridized carbons (Fsp3) is 0.154. The Labute approximate surface area is 109 Å². The number of benzene rings is 1. The summed E-state index contributed by atoms with van der Waals surface area (Å²) in [6.45, 7) is 0. The standard InChI is InChI=1S/C13H14N4O2/c1-16-11(10(14)12(18)17(2)13(16)19)15-8-9-6-4-3-5-7-9/h3-8H,14H2,1-2H3/b15-8+. The van der Waals surface area contributed by atoms with Crippen LogP contribution in [0, 0.1) is 0 Å². The topological polar surface area (TPSA) is 82.4 Å². The average molecular weight is 258 g/mol. The van der Waals surface area contributed by atoms with Gasteiger partial charge in [0.25, 0.3) is 5.56 Å². The van der Waals surface area contributed by atoms with E-state index in [9.17, 15) is 9.59 Å². The molecule has 0 saturated carbocycles. The zero-order chi connectivity index (χ0) is 14.0. The predicted octanol–water partition coefficient (Wildman–Crippen LogP) is 0.417. The molecular formula is C13H14N4O2. The summed E-state index contributed by atoms with van der Waals surface area (Å²) < 4.78 is 2.20. The van der Waals surface area contributed by atoms with Crippen molar-refractivity contribution in [1.82, 2.24) is 9.13 Å². The lowest BCUT2D eigenvalue weighted by Gasteiger charge is -2.08. The number of aliphatic imine (C=N–C) groups is 1. The first-order chi connectivity index (χ1) is 9.02. The molecule has 0 fully saturated rings. The molecule has 0 atom stereocenters. The van der Waals surface area contributed by atoms with Gasteiger partial charge in [-0.1, -0.05) is 30.3 Å². The van der Waals surface area contributed by atoms with Crippen molar-refractivity contribution in [2.24, 2.45) is 19.1 Å². The highest BCUT2D eigenvalue weighted by Gasteiger charge is 2.11. The zero-order valence-electron chi connectivity index (χ0n) is 10.7. The number of hydrogen-bond donors (Lipinski definition) is 1. The van der Waals surface area contributed by atoms with Gasteiger partial charge in [0.1, 0.15) is 5.69 Å². The van der Waals surface area contributed by atoms with Crippen LogP contribution < -0.4 is 17.0 Å². The van der Waals surface area contributed by atoms with Gasteiger partial charge in [0.05, 0.1) is 0 Å². The second-order valence-electron chi connectivity index (χ2n) is 4.11. The maximum Gasteiger partial charge on any atom is 0.332 e. The van der Waals surface area contributed by atoms with Crippen LogP contribution in [-0.2, 0) is 14.1 Å². The molecule has 19 heavy (non-hydrogen) atoms. The van der Waals surface area contributed by atoms with Crippen LogP contribution in [0.5, 0.6) is 0 Å². The first kappa shape index (κ1) is 12.8. The number of aromatic nitrogens is 2. The third-order valence-electron chi connectivity index (χ3n) is 2.80. The van der Waals surface area contributed by atoms with Crippen LogP contribution in [0.25, 0.3) is 0 Å². The molecule has 98 valence electrons. The predicted molar refractivity (Wildman–Crippen MR) is 75.0 cm³/mol. The van der Waals surface area contributed by atoms with Gasteiger partial charge in [-0.3, -0.25) is 13.9 Å². The molecule has 0 amide bonds. The van der Waals surface area contributed by atoms with Crippen LogP contribution in [0.2, 0.25) is 0 Å². The molecule has 1 aromatic carbocycles. The minimum atomic E-state index is -0.539. The van der Waals surface area contributed by atoms with Crippen LogP contribution >= 0.6 is 0 Å². The summed E-state index contributed by atoms with van der Waals surface area (Å²) in [6.07, 6.45) is 1.56. The van der Waals surface area contributed by atoms with Crippen molar-refractivity contribution < 1.29 is 0 Å². The second-order valence-corrected chi connectivity index (χ2v) is 4.11. The lowest BCUT2D eigenvalue weighted by molar-refractivity contribution is 0.693. The number of nitrogens with two attached hydrogens (primary N) is 1. The van der Waals surface area contributed by atoms with E-state index in [-0.39, 0.29) is 11.5 Å². The van der Waals surface area contributed by atoms with Crippen molar-refractivity contribution in [2.45, 2.75) is 0 Å². The first-order valence-electron chi connectivity index (χ1n) is 5.67. The number of anilines is 1. The molecule has 1 aromatic heterocycles. The normalized spacial score (nSPS) is 11.1. The van der Waals surface area contributed by atoms with Crippen molar-refractivity contribution >= 4 is 17.7 Å². The van der Waals surface area contributed by atoms with Gasteiger partial charge in [0.2, 0.25) is 0 Å². The monoisotopic (exact) mass is 258 g/mol. The van der Waals surface area contributed by atoms with E-state index in [2.05, 4.69) is 4.99 Å². The Morgan fingerprint density at radius 1 is 1.11 bits per heavy atom. The Hall–Kier alpha value is -2.63. The Morgan fingerprint density at radius 3 is 2.37 bits per heavy atom. The van der Waals surface area contributed by atoms with E-state index in [4.69, 9.17) is 5.73 Å². The fourth-order valence-corrected chi connectivity index (χ4v) is 1.69. The molecule has 0 radical (unpaired) electrons. The Kier molecular flexibility index (Phi) is 3.33. The van der Waals surface area contributed by atoms with E-state index in [1.165, 1.54) is 18.7 Å². The van der Waals surface area contributed by atoms with Gasteiger partial charge < -0.3 is 5.73 Å². The smallest absolute Gasteiger partial charge is 0.332 e. The van der Waals surface area contributed by atoms with Crippen LogP contribution in [0.4, 0.5) is 11.5 Å². The van der Waals surface area contributed by atoms with Crippen LogP contribution in [0.1, 0.15) is 5.56 Å². The molecule has 0 spiro atoms. The van der Waals surface area contributed by atoms with E-state index < -0.39 is 11.2 Å². The quantitative estimate of drug-likeness (QED) is 0.792. The average Bonchev–Trinajstić information content (AvgIpc) is 2.44. The minimum Gasteiger partial charge on any atom is -0.391 e. The molecule has 2 aromatic rings. The van der Waals surface area contributed by atoms with Crippen molar-refractivity contribution in [2.75, 3.05) is 5.73 Å². The van der Waals surface area contributed by atoms with Gasteiger partial charge in [-0.2, -0.15) is 0 Å². The summed E-state index contributed by atoms with van der Waals surface area (Å²) in [5.41, 5.74) is 5.52. The van der Waals surface area contributed by atoms with Crippen LogP contribution in [-0.4, -0.2) is 15.3 Å². The number of nitrogen functional groups attached to an aromatic ring is 1. The highest BCUT2D eigenvalue weighted by atomic mass is 16.2. The van der Waals surface area contributed by atoms with E-state index in [1.807, 2.05) is 30.3 Å². The molecular weight excluding hydrogens is 244 g/mol. The number of hydrogen-bond acceptors (Lipinski definition) is 4. The lowest BCUT2D eigenvalue weighted by Crippen LogP contribution is -2.38. The third kappa shape index (κ3) is 2.33. The van der Waals surface area contributed by atoms with Gasteiger partial charge in [-0.25, -0.2) is 9.79 Å². The summed E-state index contributed by atoms with van der Waals surface area (Å²) in [4.78, 5) is 27.6. The molecule has 0 aliphatic carbocycles. The summed E-state index contributed by atoms with van der Waals surface area (Å²) in [7, 11) is 2.90. The molecule has 0 unspecified atom stereocenters. The maximum atomic E-state index is 11.8. The first-order valence-corrected chi connectivity index (χ1v) is 5.67. The largest absolute Gasteiger partial charge is 0.391 e. The number of rotatable bonds is 2. The molecule has 0 bridgehead atoms. The SMILES string of the molecule is Cn1c(/N=C/c2ccccc2)c(N)c(=O)n(C)c1=O. The van der Waals surface area contributed by atoms with E-state index >= 15 is 0 Å². The Morgan fingerprint density at radius 2 is 1.74 bits per heavy atom. The van der Waals surface area contributed by atoms with Gasteiger partial charge in [0, 0.05) is 20.3 Å². The van der Waals surface area contributed by atoms with Crippen molar-refractivity contribution in [3.05, 3.63) is 56.7 Å². The minimum absolute atomic E-state index is 0.0446. The summed E-state index contributed by atoms with van der Waals surface area (Å²) in [5, 5.41) is 0. The molecule has 2 rings (SSSR count). The molecule has 6 nitrogen and oxygen atoms in total. The highest BCUT2D eigenvalue weighted by molar-refractivity contribution is 5.82. The Balaban J connectivity index is 2.56. The van der Waals surface area contributed by atoms with E-state index in [1.54, 1.807) is 6.21 Å². The summed E-state index contributed by atoms with van der Waals surface area (Å²) in [6, 6.07) is 9.35. The molecule has 1 heterocycles. The fourth-order valence-electron chi connectivity index (χ4n) is 1.69. The van der Waals surface area contributed by atoms with Crippen molar-refractivity contribution in [1.29, 1.82) is 0 Å². The highest BCUT2D eigenvalue weighted by Crippen LogP contribution is 2.14. The van der Waals surface area contributed by atoms with Gasteiger partial charge in [0.15, 0.2) is 5.82 Å². The second kappa shape index (κ2) is 4.93. The van der Waals surface area contributed by atoms with E-state index in [0.717, 1.165) is 10.1 Å². The van der Waals surface area contributed by atoms with Gasteiger partial charge in [-0.05, 0) is 5.56 Å². The molecule has 0 aliphatic rings. The van der Waals surface area contributed by atoms with Gasteiger partial charge >= 0.3 is 5.69 Å². The summed E-state index contributed by atoms with van der Waals surface area (Å²) in [5.74, 6) is 0.164. The van der Waals surface area contributed by atoms with Crippen molar-refractivity contribution in [3.8, 4) is 0 Å². The third-order valence-corrected chi connectivity index (χ3v) is 2.80. The van der Waals surface area contributed by atoms with Gasteiger partial charge in [-0.15, -0.1) is 0 Å². The van der Waals surface area contributed by atoms with E-state index in [0.29, 0.717) is 0 Å². The molecule has 0 saturated heterocycles. The molecule has 0 aliphatic heterocycles. The lowest BCUT2D eigenvalue weighted by atomic mass is 10.2. The number of nitrogens with zero attached hydrogens (tertiary/aromatic N) is 3. The molecule has 6 heteroatoms. The van der Waals surface area contributed by atoms with Crippen LogP contribution in [0.3, 0.4) is 0 Å². The zero-order valence-corrected chi connectivity index (χ0v) is 10.7. The maximum absolute atomic E-state index is 11.8. The molecule has 2 N–H and O–H groups in total. The van der Waals surface area contributed by atoms with Crippen molar-refractivity contribution in [3.63, 3.8) is 0 Å². The summed E-state index contributed by atoms with van der Waals surface area (Å²) >= 11 is 0. The van der Waals surface area contributed by atoms with Crippen LogP contribution in [0.15, 0.2) is 44.9 Å². The Bertz CT molecular complexity index is 704.